The predicted octanol–water partition coefficient (Wildman–Crippen LogP) is 2.75. The summed E-state index contributed by atoms with van der Waals surface area (Å²) in [6.07, 6.45) is 4.96. The van der Waals surface area contributed by atoms with Gasteiger partial charge in [-0.3, -0.25) is 4.79 Å². The lowest BCUT2D eigenvalue weighted by Crippen LogP contribution is -2.42. The van der Waals surface area contributed by atoms with Crippen LogP contribution in [0, 0.1) is 5.92 Å². The van der Waals surface area contributed by atoms with E-state index in [1.165, 1.54) is 0 Å². The third-order valence-corrected chi connectivity index (χ3v) is 2.87. The number of nitrogens with zero attached hydrogens (tertiary/aromatic N) is 1. The van der Waals surface area contributed by atoms with Crippen molar-refractivity contribution < 1.29 is 19.1 Å². The van der Waals surface area contributed by atoms with E-state index in [1.54, 1.807) is 11.8 Å². The van der Waals surface area contributed by atoms with Crippen LogP contribution in [-0.4, -0.2) is 42.3 Å². The minimum atomic E-state index is -0.533. The van der Waals surface area contributed by atoms with Crippen molar-refractivity contribution in [3.05, 3.63) is 12.2 Å². The molecule has 1 aliphatic heterocycles. The van der Waals surface area contributed by atoms with Gasteiger partial charge < -0.3 is 14.4 Å². The first-order valence-electron chi connectivity index (χ1n) is 7.13. The number of hydrogen-bond acceptors (Lipinski definition) is 4. The smallest absolute Gasteiger partial charge is 0.410 e. The Morgan fingerprint density at radius 3 is 2.60 bits per heavy atom. The van der Waals surface area contributed by atoms with E-state index < -0.39 is 5.60 Å². The van der Waals surface area contributed by atoms with Gasteiger partial charge in [-0.05, 0) is 40.5 Å². The second-order valence-corrected chi connectivity index (χ2v) is 5.87. The summed E-state index contributed by atoms with van der Waals surface area (Å²) in [5, 5.41) is 0. The number of carbonyl (C=O) groups excluding carboxylic acids is 2. The summed E-state index contributed by atoms with van der Waals surface area (Å²) in [4.78, 5) is 25.6. The summed E-state index contributed by atoms with van der Waals surface area (Å²) >= 11 is 0. The van der Waals surface area contributed by atoms with E-state index in [4.69, 9.17) is 9.47 Å². The van der Waals surface area contributed by atoms with Crippen molar-refractivity contribution in [2.75, 3.05) is 19.7 Å². The highest BCUT2D eigenvalue weighted by atomic mass is 16.6. The largest absolute Gasteiger partial charge is 0.466 e. The molecule has 5 heteroatoms. The summed E-state index contributed by atoms with van der Waals surface area (Å²) in [6, 6.07) is 0. The molecule has 0 N–H and O–H groups in total. The zero-order valence-electron chi connectivity index (χ0n) is 12.8. The van der Waals surface area contributed by atoms with Crippen LogP contribution >= 0.6 is 0 Å². The fraction of sp³-hybridized carbons (Fsp3) is 0.733. The van der Waals surface area contributed by atoms with Crippen LogP contribution in [0.25, 0.3) is 0 Å². The first kappa shape index (κ1) is 16.5. The van der Waals surface area contributed by atoms with Gasteiger partial charge in [-0.1, -0.05) is 12.2 Å². The van der Waals surface area contributed by atoms with Gasteiger partial charge >= 0.3 is 12.1 Å². The summed E-state index contributed by atoms with van der Waals surface area (Å²) in [6.45, 7) is 8.53. The van der Waals surface area contributed by atoms with E-state index in [9.17, 15) is 9.59 Å². The average Bonchev–Trinajstić information content (AvgIpc) is 2.26. The Balaban J connectivity index is 2.72. The topological polar surface area (TPSA) is 55.8 Å². The molecular weight excluding hydrogens is 258 g/mol. The van der Waals surface area contributed by atoms with Gasteiger partial charge in [0.25, 0.3) is 0 Å². The molecule has 0 aromatic heterocycles. The first-order chi connectivity index (χ1) is 9.33. The maximum absolute atomic E-state index is 12.1. The lowest BCUT2D eigenvalue weighted by Gasteiger charge is -2.30. The predicted molar refractivity (Wildman–Crippen MR) is 76.3 cm³/mol. The van der Waals surface area contributed by atoms with Crippen LogP contribution in [0.15, 0.2) is 12.2 Å². The molecule has 0 aliphatic carbocycles. The quantitative estimate of drug-likeness (QED) is 0.577. The minimum absolute atomic E-state index is 0.257. The summed E-state index contributed by atoms with van der Waals surface area (Å²) in [5.74, 6) is -0.577. The first-order valence-corrected chi connectivity index (χ1v) is 7.13. The van der Waals surface area contributed by atoms with Crippen molar-refractivity contribution >= 4 is 12.1 Å². The Morgan fingerprint density at radius 2 is 2.00 bits per heavy atom. The maximum atomic E-state index is 12.1. The molecule has 0 aromatic rings. The number of allylic oxidation sites excluding steroid dienone is 1. The summed E-state index contributed by atoms with van der Waals surface area (Å²) in [7, 11) is 0. The third-order valence-electron chi connectivity index (χ3n) is 2.87. The van der Waals surface area contributed by atoms with Crippen LogP contribution in [-0.2, 0) is 14.3 Å². The number of amides is 1. The van der Waals surface area contributed by atoms with Gasteiger partial charge in [0.15, 0.2) is 0 Å². The zero-order valence-corrected chi connectivity index (χ0v) is 12.8. The van der Waals surface area contributed by atoms with Crippen molar-refractivity contribution in [3.8, 4) is 0 Å². The van der Waals surface area contributed by atoms with Crippen molar-refractivity contribution in [1.29, 1.82) is 0 Å². The van der Waals surface area contributed by atoms with E-state index in [-0.39, 0.29) is 18.0 Å². The van der Waals surface area contributed by atoms with Crippen LogP contribution in [0.3, 0.4) is 0 Å². The number of carbonyl (C=O) groups is 2. The fourth-order valence-corrected chi connectivity index (χ4v) is 1.96. The molecule has 0 bridgehead atoms. The Morgan fingerprint density at radius 1 is 1.30 bits per heavy atom. The van der Waals surface area contributed by atoms with Gasteiger partial charge in [-0.15, -0.1) is 0 Å². The zero-order chi connectivity index (χ0) is 15.2. The standard InChI is InChI=1S/C15H25NO4/c1-5-19-13(17)12-9-7-6-8-10-16(11-12)14(18)20-15(2,3)4/h6-7,12H,5,8-11H2,1-4H3/b7-6-. The molecule has 0 saturated carbocycles. The van der Waals surface area contributed by atoms with E-state index in [0.717, 1.165) is 6.42 Å². The lowest BCUT2D eigenvalue weighted by molar-refractivity contribution is -0.148. The van der Waals surface area contributed by atoms with E-state index in [2.05, 4.69) is 0 Å². The van der Waals surface area contributed by atoms with Gasteiger partial charge in [-0.25, -0.2) is 4.79 Å². The minimum Gasteiger partial charge on any atom is -0.466 e. The average molecular weight is 283 g/mol. The molecule has 1 heterocycles. The molecule has 1 aliphatic rings. The fourth-order valence-electron chi connectivity index (χ4n) is 1.96. The van der Waals surface area contributed by atoms with Gasteiger partial charge in [-0.2, -0.15) is 0 Å². The maximum Gasteiger partial charge on any atom is 0.410 e. The molecule has 1 unspecified atom stereocenters. The molecule has 5 nitrogen and oxygen atoms in total. The third kappa shape index (κ3) is 5.63. The van der Waals surface area contributed by atoms with Gasteiger partial charge in [0.2, 0.25) is 0 Å². The number of ether oxygens (including phenoxy) is 2. The molecule has 20 heavy (non-hydrogen) atoms. The number of rotatable bonds is 2. The molecule has 1 atom stereocenters. The Kier molecular flexibility index (Phi) is 6.05. The summed E-state index contributed by atoms with van der Waals surface area (Å²) in [5.41, 5.74) is -0.533. The molecule has 1 rings (SSSR count). The Bertz CT molecular complexity index is 371. The van der Waals surface area contributed by atoms with Gasteiger partial charge in [0.05, 0.1) is 12.5 Å². The van der Waals surface area contributed by atoms with Crippen LogP contribution in [0.5, 0.6) is 0 Å². The SMILES string of the molecule is CCOC(=O)C1C/C=C\CCN(C(=O)OC(C)(C)C)C1. The molecule has 0 radical (unpaired) electrons. The molecule has 0 fully saturated rings. The van der Waals surface area contributed by atoms with E-state index in [0.29, 0.717) is 26.1 Å². The monoisotopic (exact) mass is 283 g/mol. The van der Waals surface area contributed by atoms with Crippen LogP contribution in [0.4, 0.5) is 4.79 Å². The molecule has 0 aromatic carbocycles. The molecular formula is C15H25NO4. The van der Waals surface area contributed by atoms with E-state index >= 15 is 0 Å². The van der Waals surface area contributed by atoms with Crippen LogP contribution in [0.1, 0.15) is 40.5 Å². The Hall–Kier alpha value is -1.52. The van der Waals surface area contributed by atoms with Crippen molar-refractivity contribution in [1.82, 2.24) is 4.90 Å². The molecule has 0 saturated heterocycles. The second kappa shape index (κ2) is 7.31. The number of esters is 1. The molecule has 0 spiro atoms. The molecule has 114 valence electrons. The summed E-state index contributed by atoms with van der Waals surface area (Å²) < 4.78 is 10.4. The normalized spacial score (nSPS) is 21.6. The van der Waals surface area contributed by atoms with Crippen LogP contribution < -0.4 is 0 Å². The Labute approximate surface area is 120 Å². The second-order valence-electron chi connectivity index (χ2n) is 5.87. The van der Waals surface area contributed by atoms with Crippen LogP contribution in [0.2, 0.25) is 0 Å². The van der Waals surface area contributed by atoms with Crippen molar-refractivity contribution in [3.63, 3.8) is 0 Å². The van der Waals surface area contributed by atoms with Crippen molar-refractivity contribution in [2.24, 2.45) is 5.92 Å². The highest BCUT2D eigenvalue weighted by Crippen LogP contribution is 2.17. The highest BCUT2D eigenvalue weighted by molar-refractivity contribution is 5.74. The highest BCUT2D eigenvalue weighted by Gasteiger charge is 2.28. The number of hydrogen-bond donors (Lipinski definition) is 0. The molecule has 1 amide bonds. The lowest BCUT2D eigenvalue weighted by atomic mass is 10.0. The van der Waals surface area contributed by atoms with Gasteiger partial charge in [0.1, 0.15) is 5.60 Å². The van der Waals surface area contributed by atoms with Gasteiger partial charge in [0, 0.05) is 13.1 Å². The van der Waals surface area contributed by atoms with Crippen molar-refractivity contribution in [2.45, 2.75) is 46.1 Å². The van der Waals surface area contributed by atoms with E-state index in [1.807, 2.05) is 32.9 Å².